The molecule has 0 N–H and O–H groups in total. The van der Waals surface area contributed by atoms with Gasteiger partial charge in [-0.25, -0.2) is 0 Å². The second-order valence-corrected chi connectivity index (χ2v) is 1.48. The topological polar surface area (TPSA) is 0 Å². The summed E-state index contributed by atoms with van der Waals surface area (Å²) in [6.07, 6.45) is 0. The minimum absolute atomic E-state index is 0. The van der Waals surface area contributed by atoms with Crippen LogP contribution in [-0.4, -0.2) is 90.2 Å². The maximum absolute atomic E-state index is 9.81. The molecule has 0 atom stereocenters. The molecule has 0 aliphatic carbocycles. The summed E-state index contributed by atoms with van der Waals surface area (Å²) in [5.41, 5.74) is 0. The molecule has 0 aromatic heterocycles. The summed E-state index contributed by atoms with van der Waals surface area (Å²) in [7, 11) is 12.6. The Kier molecular flexibility index (Phi) is 159. The Morgan fingerprint density at radius 2 is 0.500 bits per heavy atom. The van der Waals surface area contributed by atoms with Crippen LogP contribution in [0.15, 0.2) is 0 Å². The Labute approximate surface area is 187 Å². The standard InChI is InChI=1S/2Al.6FH.2Na.3S.3Zn.2H/h;;6*1H;;;;;;;;;;/q2*+3;;;;;;;;;;;;;;;;/p-6. The first-order valence-electron chi connectivity index (χ1n) is 2.18. The van der Waals surface area contributed by atoms with Crippen molar-refractivity contribution in [1.82, 2.24) is 0 Å². The van der Waals surface area contributed by atoms with Crippen LogP contribution in [-0.2, 0) is 49.7 Å². The van der Waals surface area contributed by atoms with Gasteiger partial charge in [-0.1, -0.05) is 0 Å². The van der Waals surface area contributed by atoms with E-state index in [-0.39, 0.29) is 59.1 Å². The molecule has 0 heterocycles. The molecule has 0 aliphatic rings. The van der Waals surface area contributed by atoms with Gasteiger partial charge in [0.15, 0.2) is 0 Å². The molecule has 0 radical (unpaired) electrons. The number of rotatable bonds is 0. The SMILES string of the molecule is [F][Al]([F])[F].[F][Al]([F])[F].[NaH].[NaH].[S]=[Zn].[S]=[Zn].[S]=[Zn]. The van der Waals surface area contributed by atoms with E-state index in [4.69, 9.17) is 0 Å². The van der Waals surface area contributed by atoms with E-state index in [2.05, 4.69) is 30.3 Å². The third-order valence-corrected chi connectivity index (χ3v) is 0. The van der Waals surface area contributed by atoms with Crippen LogP contribution in [0.25, 0.3) is 0 Å². The van der Waals surface area contributed by atoms with Gasteiger partial charge in [-0.3, -0.25) is 0 Å². The fourth-order valence-corrected chi connectivity index (χ4v) is 0. The second-order valence-electron chi connectivity index (χ2n) is 0.495. The third-order valence-electron chi connectivity index (χ3n) is 0. The van der Waals surface area contributed by atoms with Crippen molar-refractivity contribution in [2.75, 3.05) is 0 Å². The van der Waals surface area contributed by atoms with Crippen LogP contribution in [0.3, 0.4) is 0 Å². The van der Waals surface area contributed by atoms with E-state index in [0.717, 1.165) is 49.7 Å². The van der Waals surface area contributed by atoms with Crippen LogP contribution in [0.4, 0.5) is 21.1 Å². The van der Waals surface area contributed by atoms with Crippen LogP contribution in [0, 0.1) is 0 Å². The van der Waals surface area contributed by atoms with E-state index in [9.17, 15) is 21.1 Å². The normalized spacial score (nSPS) is 4.50. The molecule has 0 saturated carbocycles. The number of hydrogen-bond acceptors (Lipinski definition) is 3. The molecule has 0 saturated heterocycles. The van der Waals surface area contributed by atoms with Gasteiger partial charge < -0.3 is 21.1 Å². The van der Waals surface area contributed by atoms with Gasteiger partial charge in [0.2, 0.25) is 0 Å². The zero-order chi connectivity index (χ0) is 13.2. The van der Waals surface area contributed by atoms with Crippen molar-refractivity contribution in [3.05, 3.63) is 0 Å². The fraction of sp³-hybridized carbons (Fsp3) is 0. The first-order valence-corrected chi connectivity index (χ1v) is 17.4. The summed E-state index contributed by atoms with van der Waals surface area (Å²) < 4.78 is 58.8. The maximum atomic E-state index is 9.81. The van der Waals surface area contributed by atoms with E-state index < -0.39 is 31.1 Å². The molecule has 76 valence electrons. The Bertz CT molecular complexity index is 71.8. The molecule has 0 spiro atoms. The van der Waals surface area contributed by atoms with Crippen LogP contribution < -0.4 is 0 Å². The molecule has 0 amide bonds. The average molecular weight is 508 g/mol. The molecule has 0 aromatic rings. The van der Waals surface area contributed by atoms with Crippen molar-refractivity contribution >= 4 is 121 Å². The first-order chi connectivity index (χ1) is 6.46. The van der Waals surface area contributed by atoms with Gasteiger partial charge in [-0.15, -0.1) is 0 Å². The predicted octanol–water partition coefficient (Wildman–Crippen LogP) is 2.40. The van der Waals surface area contributed by atoms with Gasteiger partial charge in [0.1, 0.15) is 0 Å². The van der Waals surface area contributed by atoms with Gasteiger partial charge >= 0.3 is 170 Å². The molecule has 0 nitrogen and oxygen atoms in total. The van der Waals surface area contributed by atoms with Crippen LogP contribution >= 0.6 is 30.3 Å². The van der Waals surface area contributed by atoms with E-state index in [1.165, 1.54) is 0 Å². The molecule has 0 rings (SSSR count). The molecular weight excluding hydrogens is 506 g/mol. The van der Waals surface area contributed by atoms with Crippen LogP contribution in [0.2, 0.25) is 0 Å². The Hall–Kier alpha value is 5.18. The number of hydrogen-bond donors (Lipinski definition) is 0. The van der Waals surface area contributed by atoms with Crippen molar-refractivity contribution in [3.63, 3.8) is 0 Å². The summed E-state index contributed by atoms with van der Waals surface area (Å²) in [4.78, 5) is 0. The summed E-state index contributed by atoms with van der Waals surface area (Å²) in [5.74, 6) is 0. The Morgan fingerprint density at radius 3 is 0.500 bits per heavy atom. The fourth-order valence-electron chi connectivity index (χ4n) is 0. The molecule has 16 heavy (non-hydrogen) atoms. The van der Waals surface area contributed by atoms with E-state index >= 15 is 0 Å². The monoisotopic (exact) mass is 504 g/mol. The second kappa shape index (κ2) is 59.4. The van der Waals surface area contributed by atoms with Crippen molar-refractivity contribution in [2.45, 2.75) is 0 Å². The van der Waals surface area contributed by atoms with Crippen LogP contribution in [0.1, 0.15) is 0 Å². The summed E-state index contributed by atoms with van der Waals surface area (Å²) in [5, 5.41) is 0. The summed E-state index contributed by atoms with van der Waals surface area (Å²) >= 11 is -6.40. The molecule has 16 heteroatoms. The zero-order valence-electron chi connectivity index (χ0n) is 6.77. The minimum atomic E-state index is -4.64. The van der Waals surface area contributed by atoms with E-state index in [1.807, 2.05) is 0 Å². The van der Waals surface area contributed by atoms with E-state index in [1.54, 1.807) is 0 Å². The molecule has 0 aliphatic heterocycles. The van der Waals surface area contributed by atoms with Gasteiger partial charge in [0.25, 0.3) is 0 Å². The molecular formula is H2Al2F6Na2S3Zn3. The Morgan fingerprint density at radius 1 is 0.500 bits per heavy atom. The predicted molar refractivity (Wildman–Crippen MR) is 55.2 cm³/mol. The van der Waals surface area contributed by atoms with Gasteiger partial charge in [0.05, 0.1) is 0 Å². The quantitative estimate of drug-likeness (QED) is 0.365. The van der Waals surface area contributed by atoms with Gasteiger partial charge in [-0.05, 0) is 0 Å². The third kappa shape index (κ3) is 237. The van der Waals surface area contributed by atoms with Crippen molar-refractivity contribution in [1.29, 1.82) is 0 Å². The van der Waals surface area contributed by atoms with Crippen molar-refractivity contribution < 1.29 is 70.8 Å². The van der Waals surface area contributed by atoms with Crippen molar-refractivity contribution in [2.24, 2.45) is 0 Å². The average Bonchev–Trinajstić information content (AvgIpc) is 2.12. The first kappa shape index (κ1) is 42.9. The molecule has 0 bridgehead atoms. The molecule has 0 fully saturated rings. The number of halogens is 6. The summed E-state index contributed by atoms with van der Waals surface area (Å²) in [6, 6.07) is 0. The van der Waals surface area contributed by atoms with Crippen molar-refractivity contribution in [3.8, 4) is 0 Å². The Balaban J connectivity index is -0.0000000129. The zero-order valence-corrected chi connectivity index (χ0v) is 20.4. The molecule has 0 unspecified atom stereocenters. The molecule has 0 aromatic carbocycles. The van der Waals surface area contributed by atoms with Gasteiger partial charge in [-0.2, -0.15) is 0 Å². The summed E-state index contributed by atoms with van der Waals surface area (Å²) in [6.45, 7) is 0. The van der Waals surface area contributed by atoms with Gasteiger partial charge in [0, 0.05) is 0 Å². The van der Waals surface area contributed by atoms with Crippen LogP contribution in [0.5, 0.6) is 0 Å². The van der Waals surface area contributed by atoms with E-state index in [0.29, 0.717) is 0 Å².